The Morgan fingerprint density at radius 2 is 1.35 bits per heavy atom. The highest BCUT2D eigenvalue weighted by Crippen LogP contribution is 2.32. The maximum absolute atomic E-state index is 11.9. The Hall–Kier alpha value is -0.310. The van der Waals surface area contributed by atoms with E-state index in [1.807, 2.05) is 0 Å². The second kappa shape index (κ2) is 12.1. The molecule has 0 aromatic rings. The van der Waals surface area contributed by atoms with Crippen molar-refractivity contribution in [2.24, 2.45) is 5.92 Å². The summed E-state index contributed by atoms with van der Waals surface area (Å²) in [6.45, 7) is 4.48. The number of allylic oxidation sites excluding steroid dienone is 1. The monoisotopic (exact) mass is 342 g/mol. The molecule has 1 aliphatic rings. The van der Waals surface area contributed by atoms with E-state index in [9.17, 15) is 8.42 Å². The Bertz CT molecular complexity index is 423. The van der Waals surface area contributed by atoms with Gasteiger partial charge in [0.2, 0.25) is 0 Å². The van der Waals surface area contributed by atoms with E-state index in [-0.39, 0.29) is 0 Å². The molecule has 1 atom stereocenters. The average molecular weight is 343 g/mol. The molecule has 136 valence electrons. The third kappa shape index (κ3) is 9.54. The van der Waals surface area contributed by atoms with Crippen molar-refractivity contribution in [3.63, 3.8) is 0 Å². The molecule has 1 heterocycles. The van der Waals surface area contributed by atoms with Crippen LogP contribution in [0.15, 0.2) is 11.0 Å². The molecule has 0 saturated carbocycles. The van der Waals surface area contributed by atoms with Gasteiger partial charge in [-0.25, -0.2) is 8.42 Å². The molecule has 1 aliphatic heterocycles. The van der Waals surface area contributed by atoms with Gasteiger partial charge < -0.3 is 0 Å². The highest BCUT2D eigenvalue weighted by Gasteiger charge is 2.28. The van der Waals surface area contributed by atoms with Crippen LogP contribution in [-0.2, 0) is 9.84 Å². The number of rotatable bonds is 14. The van der Waals surface area contributed by atoms with E-state index in [4.69, 9.17) is 0 Å². The van der Waals surface area contributed by atoms with Gasteiger partial charge in [-0.2, -0.15) is 0 Å². The first-order valence-electron chi connectivity index (χ1n) is 10.0. The number of hydrogen-bond acceptors (Lipinski definition) is 2. The summed E-state index contributed by atoms with van der Waals surface area (Å²) in [6, 6.07) is 0. The summed E-state index contributed by atoms with van der Waals surface area (Å²) in [4.78, 5) is 0. The first-order valence-corrected chi connectivity index (χ1v) is 11.7. The van der Waals surface area contributed by atoms with Crippen LogP contribution in [0.25, 0.3) is 0 Å². The zero-order chi connectivity index (χ0) is 17.0. The lowest BCUT2D eigenvalue weighted by atomic mass is 9.92. The predicted octanol–water partition coefficient (Wildman–Crippen LogP) is 6.42. The Morgan fingerprint density at radius 1 is 0.826 bits per heavy atom. The molecule has 3 heteroatoms. The Labute approximate surface area is 145 Å². The van der Waals surface area contributed by atoms with Crippen LogP contribution in [-0.4, -0.2) is 14.2 Å². The fourth-order valence-electron chi connectivity index (χ4n) is 3.57. The van der Waals surface area contributed by atoms with Crippen LogP contribution in [0, 0.1) is 5.92 Å². The lowest BCUT2D eigenvalue weighted by Crippen LogP contribution is -2.08. The van der Waals surface area contributed by atoms with Gasteiger partial charge in [0.25, 0.3) is 0 Å². The second-order valence-electron chi connectivity index (χ2n) is 7.29. The summed E-state index contributed by atoms with van der Waals surface area (Å²) >= 11 is 0. The van der Waals surface area contributed by atoms with Crippen molar-refractivity contribution < 1.29 is 8.42 Å². The molecule has 0 fully saturated rings. The van der Waals surface area contributed by atoms with Crippen molar-refractivity contribution >= 4 is 9.84 Å². The quantitative estimate of drug-likeness (QED) is 0.341. The van der Waals surface area contributed by atoms with E-state index in [1.165, 1.54) is 76.2 Å². The van der Waals surface area contributed by atoms with E-state index >= 15 is 0 Å². The fourth-order valence-corrected chi connectivity index (χ4v) is 5.38. The molecule has 0 aromatic carbocycles. The molecule has 1 rings (SSSR count). The molecule has 0 saturated heterocycles. The largest absolute Gasteiger partial charge is 0.224 e. The average Bonchev–Trinajstić information content (AvgIpc) is 2.80. The topological polar surface area (TPSA) is 34.1 Å². The van der Waals surface area contributed by atoms with Gasteiger partial charge in [-0.3, -0.25) is 0 Å². The van der Waals surface area contributed by atoms with E-state index in [0.717, 1.165) is 19.3 Å². The van der Waals surface area contributed by atoms with Gasteiger partial charge in [0, 0.05) is 5.41 Å². The van der Waals surface area contributed by atoms with Crippen molar-refractivity contribution in [3.8, 4) is 0 Å². The van der Waals surface area contributed by atoms with Crippen LogP contribution in [0.5, 0.6) is 0 Å². The van der Waals surface area contributed by atoms with Crippen LogP contribution < -0.4 is 0 Å². The zero-order valence-electron chi connectivity index (χ0n) is 15.5. The molecule has 23 heavy (non-hydrogen) atoms. The Kier molecular flexibility index (Phi) is 10.9. The third-order valence-electron chi connectivity index (χ3n) is 5.01. The molecular formula is C20H38O2S. The minimum absolute atomic E-state index is 0.321. The lowest BCUT2D eigenvalue weighted by molar-refractivity contribution is 0.512. The molecule has 0 spiro atoms. The number of unbranched alkanes of at least 4 members (excludes halogenated alkanes) is 10. The summed E-state index contributed by atoms with van der Waals surface area (Å²) < 4.78 is 23.8. The van der Waals surface area contributed by atoms with Crippen molar-refractivity contribution in [2.45, 2.75) is 104 Å². The minimum Gasteiger partial charge on any atom is -0.224 e. The van der Waals surface area contributed by atoms with Crippen molar-refractivity contribution in [3.05, 3.63) is 11.0 Å². The van der Waals surface area contributed by atoms with E-state index < -0.39 is 9.84 Å². The lowest BCUT2D eigenvalue weighted by Gasteiger charge is -2.13. The summed E-state index contributed by atoms with van der Waals surface area (Å²) in [5.41, 5.74) is 1.23. The molecule has 0 aliphatic carbocycles. The van der Waals surface area contributed by atoms with Gasteiger partial charge in [0.15, 0.2) is 9.84 Å². The molecular weight excluding hydrogens is 304 g/mol. The molecule has 0 amide bonds. The minimum atomic E-state index is -2.91. The number of sulfone groups is 1. The highest BCUT2D eigenvalue weighted by atomic mass is 32.2. The maximum atomic E-state index is 11.9. The SMILES string of the molecule is CCCCCCCCC1=CS(=O)(=O)CC1CCCCCCCC. The molecule has 0 radical (unpaired) electrons. The third-order valence-corrected chi connectivity index (χ3v) is 6.54. The highest BCUT2D eigenvalue weighted by molar-refractivity contribution is 7.94. The molecule has 0 N–H and O–H groups in total. The Morgan fingerprint density at radius 3 is 1.96 bits per heavy atom. The first-order chi connectivity index (χ1) is 11.1. The van der Waals surface area contributed by atoms with E-state index in [2.05, 4.69) is 13.8 Å². The van der Waals surface area contributed by atoms with Gasteiger partial charge in [-0.05, 0) is 25.2 Å². The predicted molar refractivity (Wildman–Crippen MR) is 101 cm³/mol. The molecule has 0 aromatic heterocycles. The molecule has 0 bridgehead atoms. The smallest absolute Gasteiger partial charge is 0.172 e. The normalized spacial score (nSPS) is 19.9. The van der Waals surface area contributed by atoms with Crippen LogP contribution in [0.3, 0.4) is 0 Å². The zero-order valence-corrected chi connectivity index (χ0v) is 16.3. The van der Waals surface area contributed by atoms with Gasteiger partial charge in [0.1, 0.15) is 0 Å². The summed E-state index contributed by atoms with van der Waals surface area (Å²) in [5.74, 6) is 0.703. The first kappa shape index (κ1) is 20.7. The van der Waals surface area contributed by atoms with E-state index in [0.29, 0.717) is 11.7 Å². The van der Waals surface area contributed by atoms with Gasteiger partial charge in [-0.15, -0.1) is 0 Å². The van der Waals surface area contributed by atoms with Gasteiger partial charge in [0.05, 0.1) is 5.75 Å². The maximum Gasteiger partial charge on any atom is 0.172 e. The van der Waals surface area contributed by atoms with Crippen molar-refractivity contribution in [2.75, 3.05) is 5.75 Å². The fraction of sp³-hybridized carbons (Fsp3) is 0.900. The van der Waals surface area contributed by atoms with Gasteiger partial charge >= 0.3 is 0 Å². The van der Waals surface area contributed by atoms with Crippen molar-refractivity contribution in [1.29, 1.82) is 0 Å². The van der Waals surface area contributed by atoms with Crippen molar-refractivity contribution in [1.82, 2.24) is 0 Å². The molecule has 2 nitrogen and oxygen atoms in total. The van der Waals surface area contributed by atoms with Crippen LogP contribution >= 0.6 is 0 Å². The second-order valence-corrected chi connectivity index (χ2v) is 9.19. The van der Waals surface area contributed by atoms with Gasteiger partial charge in [-0.1, -0.05) is 90.0 Å². The summed E-state index contributed by atoms with van der Waals surface area (Å²) in [6.07, 6.45) is 17.5. The van der Waals surface area contributed by atoms with E-state index in [1.54, 1.807) is 5.41 Å². The number of hydrogen-bond donors (Lipinski definition) is 0. The van der Waals surface area contributed by atoms with Crippen LogP contribution in [0.4, 0.5) is 0 Å². The molecule has 1 unspecified atom stereocenters. The summed E-state index contributed by atoms with van der Waals surface area (Å²) in [7, 11) is -2.91. The Balaban J connectivity index is 2.24. The standard InChI is InChI=1S/C20H38O2S/c1-3-5-7-9-11-13-15-19-17-23(21,22)18-20(19)16-14-12-10-8-6-4-2/h17,20H,3-16,18H2,1-2H3. The van der Waals surface area contributed by atoms with Crippen LogP contribution in [0.2, 0.25) is 0 Å². The summed E-state index contributed by atoms with van der Waals surface area (Å²) in [5, 5.41) is 1.61. The van der Waals surface area contributed by atoms with Crippen LogP contribution in [0.1, 0.15) is 104 Å².